The van der Waals surface area contributed by atoms with E-state index in [0.717, 1.165) is 6.42 Å². The van der Waals surface area contributed by atoms with E-state index in [-0.39, 0.29) is 18.1 Å². The molecule has 2 N–H and O–H groups in total. The molecule has 0 aliphatic carbocycles. The molecule has 1 atom stereocenters. The largest absolute Gasteiger partial charge is 0.484 e. The molecule has 6 heteroatoms. The van der Waals surface area contributed by atoms with Gasteiger partial charge in [-0.3, -0.25) is 19.7 Å². The molecule has 0 saturated heterocycles. The van der Waals surface area contributed by atoms with Gasteiger partial charge in [-0.15, -0.1) is 0 Å². The molecule has 2 aromatic rings. The van der Waals surface area contributed by atoms with Crippen LogP contribution in [-0.2, 0) is 4.79 Å². The van der Waals surface area contributed by atoms with E-state index in [4.69, 9.17) is 4.74 Å². The number of benzene rings is 2. The maximum absolute atomic E-state index is 12.0. The number of hydrogen-bond donors (Lipinski definition) is 2. The van der Waals surface area contributed by atoms with Gasteiger partial charge < -0.3 is 10.1 Å². The highest BCUT2D eigenvalue weighted by atomic mass is 16.5. The smallest absolute Gasteiger partial charge is 0.262 e. The molecule has 26 heavy (non-hydrogen) atoms. The fraction of sp³-hybridized carbons (Fsp3) is 0.250. The SMILES string of the molecule is CC[C@@H](C)c1ccc(OCC(=O)Nc2ccc3c(c2)C(=O)NC3=O)cc1. The van der Waals surface area contributed by atoms with Crippen LogP contribution in [0.4, 0.5) is 5.69 Å². The Hall–Kier alpha value is -3.15. The van der Waals surface area contributed by atoms with Crippen LogP contribution in [-0.4, -0.2) is 24.3 Å². The molecule has 1 aliphatic heterocycles. The van der Waals surface area contributed by atoms with E-state index >= 15 is 0 Å². The number of rotatable bonds is 6. The Bertz CT molecular complexity index is 859. The molecule has 2 aromatic carbocycles. The predicted octanol–water partition coefficient (Wildman–Crippen LogP) is 3.10. The predicted molar refractivity (Wildman–Crippen MR) is 97.5 cm³/mol. The zero-order valence-corrected chi connectivity index (χ0v) is 14.7. The van der Waals surface area contributed by atoms with Crippen molar-refractivity contribution in [2.45, 2.75) is 26.2 Å². The maximum Gasteiger partial charge on any atom is 0.262 e. The number of amides is 3. The Morgan fingerprint density at radius 3 is 2.46 bits per heavy atom. The maximum atomic E-state index is 12.0. The van der Waals surface area contributed by atoms with E-state index in [0.29, 0.717) is 22.9 Å². The first-order valence-electron chi connectivity index (χ1n) is 8.50. The number of fused-ring (bicyclic) bond motifs is 1. The van der Waals surface area contributed by atoms with Gasteiger partial charge in [0.05, 0.1) is 11.1 Å². The van der Waals surface area contributed by atoms with E-state index in [1.54, 1.807) is 6.07 Å². The summed E-state index contributed by atoms with van der Waals surface area (Å²) in [6.07, 6.45) is 1.06. The fourth-order valence-electron chi connectivity index (χ4n) is 2.72. The second-order valence-corrected chi connectivity index (χ2v) is 6.26. The third-order valence-electron chi connectivity index (χ3n) is 4.45. The van der Waals surface area contributed by atoms with Gasteiger partial charge in [-0.1, -0.05) is 26.0 Å². The van der Waals surface area contributed by atoms with Crippen LogP contribution in [0.1, 0.15) is 52.5 Å². The normalized spacial score (nSPS) is 13.8. The van der Waals surface area contributed by atoms with Crippen LogP contribution in [0, 0.1) is 0 Å². The van der Waals surface area contributed by atoms with Crippen LogP contribution in [0.15, 0.2) is 42.5 Å². The van der Waals surface area contributed by atoms with Crippen LogP contribution in [0.5, 0.6) is 5.75 Å². The number of hydrogen-bond acceptors (Lipinski definition) is 4. The second-order valence-electron chi connectivity index (χ2n) is 6.26. The van der Waals surface area contributed by atoms with Crippen molar-refractivity contribution in [3.05, 3.63) is 59.2 Å². The van der Waals surface area contributed by atoms with Crippen LogP contribution >= 0.6 is 0 Å². The van der Waals surface area contributed by atoms with Crippen LogP contribution in [0.25, 0.3) is 0 Å². The molecule has 0 spiro atoms. The highest BCUT2D eigenvalue weighted by molar-refractivity contribution is 6.22. The Balaban J connectivity index is 1.57. The van der Waals surface area contributed by atoms with Gasteiger partial charge in [0.1, 0.15) is 5.75 Å². The molecular weight excluding hydrogens is 332 g/mol. The van der Waals surface area contributed by atoms with Crippen molar-refractivity contribution < 1.29 is 19.1 Å². The van der Waals surface area contributed by atoms with Crippen LogP contribution in [0.2, 0.25) is 0 Å². The topological polar surface area (TPSA) is 84.5 Å². The van der Waals surface area contributed by atoms with E-state index in [1.165, 1.54) is 17.7 Å². The molecule has 3 rings (SSSR count). The van der Waals surface area contributed by atoms with Gasteiger partial charge in [-0.05, 0) is 48.2 Å². The monoisotopic (exact) mass is 352 g/mol. The molecule has 0 aromatic heterocycles. The molecule has 0 saturated carbocycles. The summed E-state index contributed by atoms with van der Waals surface area (Å²) >= 11 is 0. The average Bonchev–Trinajstić information content (AvgIpc) is 2.93. The Labute approximate surface area is 151 Å². The van der Waals surface area contributed by atoms with E-state index in [1.807, 2.05) is 24.3 Å². The van der Waals surface area contributed by atoms with Crippen molar-refractivity contribution in [2.24, 2.45) is 0 Å². The first-order valence-corrected chi connectivity index (χ1v) is 8.50. The summed E-state index contributed by atoms with van der Waals surface area (Å²) in [5.74, 6) is -0.131. The highest BCUT2D eigenvalue weighted by Gasteiger charge is 2.26. The molecule has 0 fully saturated rings. The summed E-state index contributed by atoms with van der Waals surface area (Å²) < 4.78 is 5.49. The van der Waals surface area contributed by atoms with Gasteiger partial charge in [0.25, 0.3) is 17.7 Å². The second kappa shape index (κ2) is 7.39. The van der Waals surface area contributed by atoms with Gasteiger partial charge >= 0.3 is 0 Å². The summed E-state index contributed by atoms with van der Waals surface area (Å²) in [4.78, 5) is 35.2. The van der Waals surface area contributed by atoms with Gasteiger partial charge in [0.2, 0.25) is 0 Å². The van der Waals surface area contributed by atoms with Crippen LogP contribution in [0.3, 0.4) is 0 Å². The zero-order chi connectivity index (χ0) is 18.7. The number of nitrogens with one attached hydrogen (secondary N) is 2. The number of ether oxygens (including phenoxy) is 1. The Morgan fingerprint density at radius 1 is 1.08 bits per heavy atom. The van der Waals surface area contributed by atoms with Crippen molar-refractivity contribution in [2.75, 3.05) is 11.9 Å². The van der Waals surface area contributed by atoms with Gasteiger partial charge in [-0.2, -0.15) is 0 Å². The quantitative estimate of drug-likeness (QED) is 0.783. The van der Waals surface area contributed by atoms with Crippen LogP contribution < -0.4 is 15.4 Å². The average molecular weight is 352 g/mol. The number of imide groups is 1. The summed E-state index contributed by atoms with van der Waals surface area (Å²) in [6, 6.07) is 12.3. The van der Waals surface area contributed by atoms with Gasteiger partial charge in [-0.25, -0.2) is 0 Å². The van der Waals surface area contributed by atoms with E-state index in [2.05, 4.69) is 24.5 Å². The Morgan fingerprint density at radius 2 is 1.77 bits per heavy atom. The first kappa shape index (κ1) is 17.7. The fourth-order valence-corrected chi connectivity index (χ4v) is 2.72. The third-order valence-corrected chi connectivity index (χ3v) is 4.45. The number of anilines is 1. The van der Waals surface area contributed by atoms with Gasteiger partial charge in [0.15, 0.2) is 6.61 Å². The van der Waals surface area contributed by atoms with Crippen molar-refractivity contribution in [3.8, 4) is 5.75 Å². The first-order chi connectivity index (χ1) is 12.5. The number of carbonyl (C=O) groups excluding carboxylic acids is 3. The molecule has 3 amide bonds. The molecular formula is C20H20N2O4. The van der Waals surface area contributed by atoms with Crippen molar-refractivity contribution in [3.63, 3.8) is 0 Å². The summed E-state index contributed by atoms with van der Waals surface area (Å²) in [7, 11) is 0. The van der Waals surface area contributed by atoms with Gasteiger partial charge in [0, 0.05) is 5.69 Å². The minimum atomic E-state index is -0.459. The number of carbonyl (C=O) groups is 3. The summed E-state index contributed by atoms with van der Waals surface area (Å²) in [5.41, 5.74) is 2.24. The summed E-state index contributed by atoms with van der Waals surface area (Å²) in [5, 5.41) is 4.87. The lowest BCUT2D eigenvalue weighted by atomic mass is 9.99. The minimum absolute atomic E-state index is 0.148. The lowest BCUT2D eigenvalue weighted by Gasteiger charge is -2.11. The molecule has 134 valence electrons. The molecule has 0 radical (unpaired) electrons. The van der Waals surface area contributed by atoms with E-state index in [9.17, 15) is 14.4 Å². The standard InChI is InChI=1S/C20H20N2O4/c1-3-12(2)13-4-7-15(8-5-13)26-11-18(23)21-14-6-9-16-17(10-14)20(25)22-19(16)24/h4-10,12H,3,11H2,1-2H3,(H,21,23)(H,22,24,25)/t12-/m1/s1. The minimum Gasteiger partial charge on any atom is -0.484 e. The summed E-state index contributed by atoms with van der Waals surface area (Å²) in [6.45, 7) is 4.15. The lowest BCUT2D eigenvalue weighted by molar-refractivity contribution is -0.118. The van der Waals surface area contributed by atoms with Crippen molar-refractivity contribution >= 4 is 23.4 Å². The lowest BCUT2D eigenvalue weighted by Crippen LogP contribution is -2.20. The Kier molecular flexibility index (Phi) is 5.02. The molecule has 0 bridgehead atoms. The third kappa shape index (κ3) is 3.74. The van der Waals surface area contributed by atoms with E-state index < -0.39 is 11.8 Å². The van der Waals surface area contributed by atoms with Crippen molar-refractivity contribution in [1.82, 2.24) is 5.32 Å². The highest BCUT2D eigenvalue weighted by Crippen LogP contribution is 2.22. The molecule has 0 unspecified atom stereocenters. The zero-order valence-electron chi connectivity index (χ0n) is 14.7. The van der Waals surface area contributed by atoms with Crippen molar-refractivity contribution in [1.29, 1.82) is 0 Å². The molecule has 6 nitrogen and oxygen atoms in total. The molecule has 1 aliphatic rings. The molecule has 1 heterocycles.